The standard InChI is InChI=1S/C14H19ClFN3O6/c1-13(2,3)25-12(22)24-9-7(6-20)23-10(14(9,15)16)19-5-4-8(17)18-11(19)21/h4-5,7,9-10,20H,6H2,1-3H3,(H2,17,18,21). The number of carbonyl (C=O) groups is 1. The number of nitrogens with two attached hydrogens (primary N) is 1. The second kappa shape index (κ2) is 6.77. The predicted octanol–water partition coefficient (Wildman–Crippen LogP) is 0.940. The van der Waals surface area contributed by atoms with Gasteiger partial charge >= 0.3 is 11.8 Å². The topological polar surface area (TPSA) is 126 Å². The van der Waals surface area contributed by atoms with Gasteiger partial charge in [0, 0.05) is 6.20 Å². The summed E-state index contributed by atoms with van der Waals surface area (Å²) in [5.41, 5.74) is 3.59. The lowest BCUT2D eigenvalue weighted by molar-refractivity contribution is -0.0694. The summed E-state index contributed by atoms with van der Waals surface area (Å²) in [5, 5.41) is 6.53. The minimum Gasteiger partial charge on any atom is -0.429 e. The van der Waals surface area contributed by atoms with Gasteiger partial charge in [0.05, 0.1) is 6.61 Å². The van der Waals surface area contributed by atoms with Crippen molar-refractivity contribution in [3.63, 3.8) is 0 Å². The van der Waals surface area contributed by atoms with Gasteiger partial charge in [-0.25, -0.2) is 14.0 Å². The van der Waals surface area contributed by atoms with Crippen LogP contribution < -0.4 is 11.4 Å². The predicted molar refractivity (Wildman–Crippen MR) is 84.7 cm³/mol. The number of carbonyl (C=O) groups excluding carboxylic acids is 1. The molecule has 2 heterocycles. The first-order valence-corrected chi connectivity index (χ1v) is 7.72. The second-order valence-corrected chi connectivity index (χ2v) is 7.01. The Kier molecular flexibility index (Phi) is 5.26. The van der Waals surface area contributed by atoms with Gasteiger partial charge in [0.1, 0.15) is 17.5 Å². The second-order valence-electron chi connectivity index (χ2n) is 6.43. The Labute approximate surface area is 147 Å². The van der Waals surface area contributed by atoms with Gasteiger partial charge in [-0.2, -0.15) is 4.98 Å². The molecule has 1 aromatic rings. The Balaban J connectivity index is 2.29. The van der Waals surface area contributed by atoms with Gasteiger partial charge in [-0.1, -0.05) is 11.6 Å². The minimum absolute atomic E-state index is 0.0708. The van der Waals surface area contributed by atoms with Crippen molar-refractivity contribution < 1.29 is 28.5 Å². The van der Waals surface area contributed by atoms with Gasteiger partial charge < -0.3 is 25.1 Å². The van der Waals surface area contributed by atoms with Crippen molar-refractivity contribution in [2.75, 3.05) is 12.3 Å². The Morgan fingerprint density at radius 2 is 2.24 bits per heavy atom. The first kappa shape index (κ1) is 19.4. The van der Waals surface area contributed by atoms with E-state index in [0.717, 1.165) is 10.8 Å². The number of halogens is 2. The van der Waals surface area contributed by atoms with E-state index in [-0.39, 0.29) is 5.82 Å². The molecule has 2 rings (SSSR count). The molecule has 0 radical (unpaired) electrons. The number of alkyl halides is 2. The summed E-state index contributed by atoms with van der Waals surface area (Å²) < 4.78 is 31.0. The van der Waals surface area contributed by atoms with Crippen molar-refractivity contribution in [3.8, 4) is 0 Å². The van der Waals surface area contributed by atoms with E-state index in [4.69, 9.17) is 31.5 Å². The zero-order valence-electron chi connectivity index (χ0n) is 13.8. The van der Waals surface area contributed by atoms with E-state index in [1.807, 2.05) is 0 Å². The van der Waals surface area contributed by atoms with Crippen LogP contribution in [0.25, 0.3) is 0 Å². The Morgan fingerprint density at radius 1 is 1.60 bits per heavy atom. The van der Waals surface area contributed by atoms with Gasteiger partial charge in [-0.15, -0.1) is 0 Å². The van der Waals surface area contributed by atoms with E-state index in [1.54, 1.807) is 20.8 Å². The summed E-state index contributed by atoms with van der Waals surface area (Å²) in [6.45, 7) is 4.07. The van der Waals surface area contributed by atoms with Gasteiger partial charge in [-0.3, -0.25) is 4.57 Å². The summed E-state index contributed by atoms with van der Waals surface area (Å²) >= 11 is 5.88. The zero-order chi connectivity index (χ0) is 19.0. The maximum Gasteiger partial charge on any atom is 0.509 e. The summed E-state index contributed by atoms with van der Waals surface area (Å²) in [7, 11) is 0. The lowest BCUT2D eigenvalue weighted by Crippen LogP contribution is -2.44. The molecule has 4 unspecified atom stereocenters. The van der Waals surface area contributed by atoms with Crippen molar-refractivity contribution in [1.29, 1.82) is 0 Å². The highest BCUT2D eigenvalue weighted by Gasteiger charge is 2.60. The third kappa shape index (κ3) is 4.20. The summed E-state index contributed by atoms with van der Waals surface area (Å²) in [5.74, 6) is -0.0708. The van der Waals surface area contributed by atoms with Crippen LogP contribution in [0, 0.1) is 0 Å². The molecule has 3 N–H and O–H groups in total. The molecular formula is C14H19ClFN3O6. The van der Waals surface area contributed by atoms with E-state index in [9.17, 15) is 14.7 Å². The van der Waals surface area contributed by atoms with Crippen molar-refractivity contribution >= 4 is 23.6 Å². The van der Waals surface area contributed by atoms with Crippen LogP contribution in [-0.2, 0) is 14.2 Å². The molecule has 0 spiro atoms. The van der Waals surface area contributed by atoms with Crippen molar-refractivity contribution in [3.05, 3.63) is 22.7 Å². The van der Waals surface area contributed by atoms with Crippen molar-refractivity contribution in [2.24, 2.45) is 0 Å². The molecule has 140 valence electrons. The molecule has 0 aliphatic carbocycles. The zero-order valence-corrected chi connectivity index (χ0v) is 14.6. The Hall–Kier alpha value is -1.91. The smallest absolute Gasteiger partial charge is 0.429 e. The lowest BCUT2D eigenvalue weighted by atomic mass is 10.1. The van der Waals surface area contributed by atoms with Crippen LogP contribution in [0.2, 0.25) is 0 Å². The number of anilines is 1. The van der Waals surface area contributed by atoms with Crippen LogP contribution in [0.15, 0.2) is 17.1 Å². The fraction of sp³-hybridized carbons (Fsp3) is 0.643. The number of hydrogen-bond acceptors (Lipinski definition) is 8. The number of aliphatic hydroxyl groups is 1. The molecule has 1 saturated heterocycles. The van der Waals surface area contributed by atoms with Crippen LogP contribution in [0.3, 0.4) is 0 Å². The van der Waals surface area contributed by atoms with Crippen molar-refractivity contribution in [2.45, 2.75) is 49.9 Å². The first-order chi connectivity index (χ1) is 11.5. The molecule has 1 aromatic heterocycles. The number of nitrogens with zero attached hydrogens (tertiary/aromatic N) is 2. The molecule has 1 aliphatic rings. The monoisotopic (exact) mass is 379 g/mol. The largest absolute Gasteiger partial charge is 0.509 e. The third-order valence-electron chi connectivity index (χ3n) is 3.25. The number of rotatable bonds is 3. The molecule has 4 atom stereocenters. The van der Waals surface area contributed by atoms with E-state index < -0.39 is 47.6 Å². The number of hydrogen-bond donors (Lipinski definition) is 2. The molecule has 0 saturated carbocycles. The normalized spacial score (nSPS) is 29.4. The van der Waals surface area contributed by atoms with E-state index in [0.29, 0.717) is 0 Å². The highest BCUT2D eigenvalue weighted by Crippen LogP contribution is 2.45. The molecule has 9 nitrogen and oxygen atoms in total. The number of ether oxygens (including phenoxy) is 3. The molecular weight excluding hydrogens is 361 g/mol. The number of aliphatic hydroxyl groups excluding tert-OH is 1. The minimum atomic E-state index is -2.86. The van der Waals surface area contributed by atoms with Crippen LogP contribution in [0.1, 0.15) is 27.0 Å². The SMILES string of the molecule is CC(C)(C)OC(=O)OC1C(CO)OC(n2ccc(N)nc2=O)C1(F)Cl. The van der Waals surface area contributed by atoms with E-state index in [1.165, 1.54) is 6.07 Å². The van der Waals surface area contributed by atoms with Gasteiger partial charge in [0.2, 0.25) is 0 Å². The first-order valence-electron chi connectivity index (χ1n) is 7.34. The summed E-state index contributed by atoms with van der Waals surface area (Å²) in [4.78, 5) is 27.2. The maximum absolute atomic E-state index is 15.1. The average molecular weight is 380 g/mol. The fourth-order valence-electron chi connectivity index (χ4n) is 2.24. The molecule has 0 amide bonds. The Bertz CT molecular complexity index is 705. The van der Waals surface area contributed by atoms with Crippen LogP contribution >= 0.6 is 11.6 Å². The molecule has 1 aliphatic heterocycles. The Morgan fingerprint density at radius 3 is 2.76 bits per heavy atom. The molecule has 0 bridgehead atoms. The highest BCUT2D eigenvalue weighted by molar-refractivity contribution is 6.23. The van der Waals surface area contributed by atoms with E-state index in [2.05, 4.69) is 4.98 Å². The lowest BCUT2D eigenvalue weighted by Gasteiger charge is -2.26. The molecule has 1 fully saturated rings. The van der Waals surface area contributed by atoms with Crippen LogP contribution in [0.4, 0.5) is 15.0 Å². The van der Waals surface area contributed by atoms with Gasteiger partial charge in [0.15, 0.2) is 12.3 Å². The van der Waals surface area contributed by atoms with Crippen LogP contribution in [0.5, 0.6) is 0 Å². The summed E-state index contributed by atoms with van der Waals surface area (Å²) in [6, 6.07) is 1.24. The number of nitrogen functional groups attached to an aromatic ring is 1. The highest BCUT2D eigenvalue weighted by atomic mass is 35.5. The molecule has 25 heavy (non-hydrogen) atoms. The molecule has 0 aromatic carbocycles. The van der Waals surface area contributed by atoms with E-state index >= 15 is 4.39 Å². The average Bonchev–Trinajstić information content (AvgIpc) is 2.69. The van der Waals surface area contributed by atoms with Gasteiger partial charge in [-0.05, 0) is 26.8 Å². The maximum atomic E-state index is 15.1. The van der Waals surface area contributed by atoms with Crippen LogP contribution in [-0.4, -0.2) is 50.4 Å². The summed E-state index contributed by atoms with van der Waals surface area (Å²) in [6.07, 6.45) is -4.78. The van der Waals surface area contributed by atoms with Crippen molar-refractivity contribution in [1.82, 2.24) is 9.55 Å². The third-order valence-corrected chi connectivity index (χ3v) is 3.65. The quantitative estimate of drug-likeness (QED) is 0.587. The number of aromatic nitrogens is 2. The van der Waals surface area contributed by atoms with Gasteiger partial charge in [0.25, 0.3) is 5.13 Å². The molecule has 11 heteroatoms. The fourth-order valence-corrected chi connectivity index (χ4v) is 2.58.